The summed E-state index contributed by atoms with van der Waals surface area (Å²) < 4.78 is 5.39. The molecule has 0 fully saturated rings. The summed E-state index contributed by atoms with van der Waals surface area (Å²) in [6.07, 6.45) is 0. The van der Waals surface area contributed by atoms with Crippen molar-refractivity contribution >= 4 is 5.97 Å². The van der Waals surface area contributed by atoms with Crippen molar-refractivity contribution in [1.82, 2.24) is 0 Å². The molecule has 0 amide bonds. The average Bonchev–Trinajstić information content (AvgIpc) is 2.64. The zero-order chi connectivity index (χ0) is 16.9. The van der Waals surface area contributed by atoms with Gasteiger partial charge in [0, 0.05) is 11.1 Å². The number of nitriles is 1. The molecule has 3 nitrogen and oxygen atoms in total. The van der Waals surface area contributed by atoms with E-state index in [4.69, 9.17) is 10.00 Å². The topological polar surface area (TPSA) is 50.1 Å². The number of hydrogen-bond acceptors (Lipinski definition) is 3. The lowest BCUT2D eigenvalue weighted by molar-refractivity contribution is -0.128. The van der Waals surface area contributed by atoms with Crippen LogP contribution in [-0.4, -0.2) is 5.97 Å². The Hall–Kier alpha value is -3.38. The Morgan fingerprint density at radius 2 is 1.33 bits per heavy atom. The van der Waals surface area contributed by atoms with Crippen LogP contribution in [0, 0.1) is 18.3 Å². The van der Waals surface area contributed by atoms with Crippen molar-refractivity contribution in [1.29, 1.82) is 5.26 Å². The van der Waals surface area contributed by atoms with Crippen LogP contribution in [0.2, 0.25) is 0 Å². The molecule has 116 valence electrons. The molecule has 3 aromatic carbocycles. The molecule has 3 rings (SSSR count). The van der Waals surface area contributed by atoms with Gasteiger partial charge in [-0.1, -0.05) is 60.7 Å². The Bertz CT molecular complexity index is 849. The fourth-order valence-corrected chi connectivity index (χ4v) is 2.66. The molecule has 0 aliphatic carbocycles. The normalized spacial score (nSPS) is 10.0. The minimum atomic E-state index is -0.923. The second kappa shape index (κ2) is 6.80. The van der Waals surface area contributed by atoms with Crippen molar-refractivity contribution in [3.8, 4) is 34.1 Å². The smallest absolute Gasteiger partial charge is 0.414 e. The second-order valence-electron chi connectivity index (χ2n) is 5.42. The number of carbonyl (C=O) groups is 1. The Morgan fingerprint density at radius 3 is 1.75 bits per heavy atom. The van der Waals surface area contributed by atoms with Crippen LogP contribution in [0.25, 0.3) is 22.3 Å². The van der Waals surface area contributed by atoms with E-state index in [2.05, 4.69) is 0 Å². The van der Waals surface area contributed by atoms with Gasteiger partial charge in [-0.15, -0.1) is 0 Å². The van der Waals surface area contributed by atoms with E-state index in [1.807, 2.05) is 79.7 Å². The highest BCUT2D eigenvalue weighted by Crippen LogP contribution is 2.40. The van der Waals surface area contributed by atoms with E-state index >= 15 is 0 Å². The fourth-order valence-electron chi connectivity index (χ4n) is 2.66. The molecular weight excluding hydrogens is 298 g/mol. The first-order valence-electron chi connectivity index (χ1n) is 7.56. The van der Waals surface area contributed by atoms with Gasteiger partial charge in [0.2, 0.25) is 0 Å². The third kappa shape index (κ3) is 3.18. The highest BCUT2D eigenvalue weighted by atomic mass is 16.5. The molecule has 0 aliphatic heterocycles. The molecule has 0 atom stereocenters. The Kier molecular flexibility index (Phi) is 4.40. The third-order valence-electron chi connectivity index (χ3n) is 3.69. The monoisotopic (exact) mass is 313 g/mol. The van der Waals surface area contributed by atoms with Crippen LogP contribution in [0.1, 0.15) is 5.56 Å². The Labute approximate surface area is 140 Å². The summed E-state index contributed by atoms with van der Waals surface area (Å²) in [6, 6.07) is 24.8. The molecule has 0 radical (unpaired) electrons. The second-order valence-corrected chi connectivity index (χ2v) is 5.42. The molecular formula is C21H15NO2. The molecule has 0 aliphatic rings. The van der Waals surface area contributed by atoms with Crippen molar-refractivity contribution < 1.29 is 9.53 Å². The van der Waals surface area contributed by atoms with E-state index in [9.17, 15) is 4.79 Å². The zero-order valence-electron chi connectivity index (χ0n) is 13.2. The van der Waals surface area contributed by atoms with Gasteiger partial charge in [-0.05, 0) is 35.7 Å². The van der Waals surface area contributed by atoms with Gasteiger partial charge in [0.25, 0.3) is 0 Å². The number of benzene rings is 3. The summed E-state index contributed by atoms with van der Waals surface area (Å²) >= 11 is 0. The van der Waals surface area contributed by atoms with Crippen LogP contribution in [0.5, 0.6) is 5.75 Å². The van der Waals surface area contributed by atoms with E-state index in [1.54, 1.807) is 0 Å². The molecule has 0 aromatic heterocycles. The minimum absolute atomic E-state index is 0.407. The van der Waals surface area contributed by atoms with E-state index in [-0.39, 0.29) is 0 Å². The molecule has 24 heavy (non-hydrogen) atoms. The zero-order valence-corrected chi connectivity index (χ0v) is 13.2. The largest absolute Gasteiger partial charge is 0.416 e. The van der Waals surface area contributed by atoms with Gasteiger partial charge in [-0.3, -0.25) is 0 Å². The average molecular weight is 313 g/mol. The first-order chi connectivity index (χ1) is 11.7. The van der Waals surface area contributed by atoms with E-state index in [0.717, 1.165) is 27.8 Å². The van der Waals surface area contributed by atoms with Gasteiger partial charge in [0.15, 0.2) is 6.07 Å². The van der Waals surface area contributed by atoms with E-state index in [1.165, 1.54) is 6.07 Å². The van der Waals surface area contributed by atoms with Crippen LogP contribution < -0.4 is 4.74 Å². The van der Waals surface area contributed by atoms with Crippen molar-refractivity contribution in [2.45, 2.75) is 6.92 Å². The van der Waals surface area contributed by atoms with Crippen molar-refractivity contribution in [3.05, 3.63) is 78.4 Å². The molecule has 3 aromatic rings. The van der Waals surface area contributed by atoms with Gasteiger partial charge in [-0.2, -0.15) is 5.26 Å². The summed E-state index contributed by atoms with van der Waals surface area (Å²) in [4.78, 5) is 11.6. The molecule has 0 bridgehead atoms. The standard InChI is InChI=1S/C21H15NO2/c1-15-12-18(16-8-4-2-5-9-16)21(24-20(23)14-22)19(13-15)17-10-6-3-7-11-17/h2-13H,1H3. The van der Waals surface area contributed by atoms with Gasteiger partial charge >= 0.3 is 5.97 Å². The number of rotatable bonds is 3. The van der Waals surface area contributed by atoms with Gasteiger partial charge in [0.1, 0.15) is 5.75 Å². The maximum absolute atomic E-state index is 11.6. The predicted molar refractivity (Wildman–Crippen MR) is 93.3 cm³/mol. The molecule has 0 saturated carbocycles. The summed E-state index contributed by atoms with van der Waals surface area (Å²) in [7, 11) is 0. The Morgan fingerprint density at radius 1 is 0.875 bits per heavy atom. The van der Waals surface area contributed by atoms with E-state index in [0.29, 0.717) is 5.75 Å². The van der Waals surface area contributed by atoms with Crippen LogP contribution in [-0.2, 0) is 4.79 Å². The summed E-state index contributed by atoms with van der Waals surface area (Å²) in [5.74, 6) is -0.516. The lowest BCUT2D eigenvalue weighted by Crippen LogP contribution is -2.06. The van der Waals surface area contributed by atoms with Crippen molar-refractivity contribution in [2.75, 3.05) is 0 Å². The highest BCUT2D eigenvalue weighted by molar-refractivity contribution is 5.92. The maximum Gasteiger partial charge on any atom is 0.416 e. The lowest BCUT2D eigenvalue weighted by atomic mass is 9.95. The number of carbonyl (C=O) groups excluding carboxylic acids is 1. The summed E-state index contributed by atoms with van der Waals surface area (Å²) in [6.45, 7) is 1.99. The Balaban J connectivity index is 2.27. The quantitative estimate of drug-likeness (QED) is 0.398. The van der Waals surface area contributed by atoms with Crippen LogP contribution >= 0.6 is 0 Å². The van der Waals surface area contributed by atoms with Crippen molar-refractivity contribution in [2.24, 2.45) is 0 Å². The van der Waals surface area contributed by atoms with Crippen molar-refractivity contribution in [3.63, 3.8) is 0 Å². The fraction of sp³-hybridized carbons (Fsp3) is 0.0476. The molecule has 0 heterocycles. The lowest BCUT2D eigenvalue weighted by Gasteiger charge is -2.15. The van der Waals surface area contributed by atoms with Gasteiger partial charge in [-0.25, -0.2) is 4.79 Å². The van der Waals surface area contributed by atoms with Crippen LogP contribution in [0.3, 0.4) is 0 Å². The molecule has 0 N–H and O–H groups in total. The van der Waals surface area contributed by atoms with Gasteiger partial charge < -0.3 is 4.74 Å². The number of ether oxygens (including phenoxy) is 1. The third-order valence-corrected chi connectivity index (χ3v) is 3.69. The van der Waals surface area contributed by atoms with Crippen LogP contribution in [0.4, 0.5) is 0 Å². The SMILES string of the molecule is Cc1cc(-c2ccccc2)c(OC(=O)C#N)c(-c2ccccc2)c1. The highest BCUT2D eigenvalue weighted by Gasteiger charge is 2.17. The molecule has 0 saturated heterocycles. The first-order valence-corrected chi connectivity index (χ1v) is 7.56. The van der Waals surface area contributed by atoms with Gasteiger partial charge in [0.05, 0.1) is 0 Å². The summed E-state index contributed by atoms with van der Waals surface area (Å²) in [5, 5.41) is 8.85. The number of nitrogens with zero attached hydrogens (tertiary/aromatic N) is 1. The number of aryl methyl sites for hydroxylation is 1. The first kappa shape index (κ1) is 15.5. The predicted octanol–water partition coefficient (Wildman–Crippen LogP) is 4.76. The van der Waals surface area contributed by atoms with Crippen LogP contribution in [0.15, 0.2) is 72.8 Å². The number of hydrogen-bond donors (Lipinski definition) is 0. The molecule has 3 heteroatoms. The number of esters is 1. The maximum atomic E-state index is 11.6. The molecule has 0 unspecified atom stereocenters. The molecule has 0 spiro atoms. The minimum Gasteiger partial charge on any atom is -0.414 e. The summed E-state index contributed by atoms with van der Waals surface area (Å²) in [5.41, 5.74) is 4.49. The van der Waals surface area contributed by atoms with E-state index < -0.39 is 5.97 Å².